The zero-order valence-electron chi connectivity index (χ0n) is 19.8. The second-order valence-electron chi connectivity index (χ2n) is 9.38. The van der Waals surface area contributed by atoms with Gasteiger partial charge in [0.15, 0.2) is 0 Å². The lowest BCUT2D eigenvalue weighted by Gasteiger charge is -2.50. The molecule has 1 atom stereocenters. The third-order valence-corrected chi connectivity index (χ3v) is 7.64. The summed E-state index contributed by atoms with van der Waals surface area (Å²) in [5, 5.41) is 14.8. The van der Waals surface area contributed by atoms with Gasteiger partial charge in [0.25, 0.3) is 0 Å². The molecule has 5 rings (SSSR count). The first-order valence-electron chi connectivity index (χ1n) is 11.7. The van der Waals surface area contributed by atoms with Crippen molar-refractivity contribution in [2.75, 3.05) is 38.7 Å². The van der Waals surface area contributed by atoms with E-state index >= 15 is 0 Å². The molecule has 9 heteroatoms. The smallest absolute Gasteiger partial charge is 0.321 e. The van der Waals surface area contributed by atoms with Crippen LogP contribution < -0.4 is 10.1 Å². The Morgan fingerprint density at radius 2 is 2.00 bits per heavy atom. The average Bonchev–Trinajstić information content (AvgIpc) is 3.24. The van der Waals surface area contributed by atoms with Crippen LogP contribution in [0.4, 0.5) is 10.5 Å². The molecule has 0 aliphatic carbocycles. The third-order valence-electron chi connectivity index (χ3n) is 7.41. The van der Waals surface area contributed by atoms with Gasteiger partial charge >= 0.3 is 6.03 Å². The zero-order chi connectivity index (χ0) is 24.7. The summed E-state index contributed by atoms with van der Waals surface area (Å²) in [5.74, 6) is 0.660. The van der Waals surface area contributed by atoms with E-state index in [1.54, 1.807) is 42.0 Å². The number of aromatic amines is 1. The molecule has 0 saturated carbocycles. The van der Waals surface area contributed by atoms with Crippen molar-refractivity contribution in [1.29, 1.82) is 0 Å². The molecule has 35 heavy (non-hydrogen) atoms. The number of aliphatic hydroxyl groups excluding tert-OH is 1. The van der Waals surface area contributed by atoms with Gasteiger partial charge in [0.1, 0.15) is 5.75 Å². The van der Waals surface area contributed by atoms with Crippen LogP contribution in [-0.2, 0) is 10.2 Å². The highest BCUT2D eigenvalue weighted by Gasteiger charge is 2.48. The Balaban J connectivity index is 1.47. The lowest BCUT2D eigenvalue weighted by atomic mass is 9.68. The fourth-order valence-corrected chi connectivity index (χ4v) is 5.84. The SMILES string of the molecule is COc1ccc2c3c([nH]c2c1)[C@H](CO)N(C(C)=O)CC31CCN(C(=O)Nc2cccc(Cl)c2)CC1. The number of rotatable bonds is 3. The van der Waals surface area contributed by atoms with Gasteiger partial charge in [-0.1, -0.05) is 17.7 Å². The molecule has 1 fully saturated rings. The van der Waals surface area contributed by atoms with Gasteiger partial charge in [-0.25, -0.2) is 4.79 Å². The average molecular weight is 497 g/mol. The van der Waals surface area contributed by atoms with Gasteiger partial charge in [0.05, 0.1) is 19.8 Å². The lowest BCUT2D eigenvalue weighted by Crippen LogP contribution is -2.55. The van der Waals surface area contributed by atoms with Crippen molar-refractivity contribution in [3.8, 4) is 5.75 Å². The maximum absolute atomic E-state index is 13.0. The summed E-state index contributed by atoms with van der Waals surface area (Å²) >= 11 is 6.05. The van der Waals surface area contributed by atoms with Gasteiger partial charge < -0.3 is 29.9 Å². The van der Waals surface area contributed by atoms with E-state index in [0.717, 1.165) is 27.9 Å². The number of hydrogen-bond donors (Lipinski definition) is 3. The number of carbonyl (C=O) groups excluding carboxylic acids is 2. The van der Waals surface area contributed by atoms with E-state index in [4.69, 9.17) is 16.3 Å². The Morgan fingerprint density at radius 1 is 1.23 bits per heavy atom. The minimum absolute atomic E-state index is 0.0774. The highest BCUT2D eigenvalue weighted by Crippen LogP contribution is 2.49. The minimum Gasteiger partial charge on any atom is -0.497 e. The predicted molar refractivity (Wildman–Crippen MR) is 135 cm³/mol. The predicted octanol–water partition coefficient (Wildman–Crippen LogP) is 4.29. The van der Waals surface area contributed by atoms with Crippen molar-refractivity contribution in [1.82, 2.24) is 14.8 Å². The second-order valence-corrected chi connectivity index (χ2v) is 9.81. The van der Waals surface area contributed by atoms with E-state index in [1.165, 1.54) is 0 Å². The molecule has 3 aromatic rings. The summed E-state index contributed by atoms with van der Waals surface area (Å²) in [6.07, 6.45) is 1.40. The Hall–Kier alpha value is -3.23. The Bertz CT molecular complexity index is 1280. The minimum atomic E-state index is -0.435. The maximum atomic E-state index is 13.0. The van der Waals surface area contributed by atoms with E-state index in [9.17, 15) is 14.7 Å². The largest absolute Gasteiger partial charge is 0.497 e. The number of methoxy groups -OCH3 is 1. The number of fused-ring (bicyclic) bond motifs is 4. The van der Waals surface area contributed by atoms with E-state index in [0.29, 0.717) is 43.2 Å². The third kappa shape index (κ3) is 4.10. The van der Waals surface area contributed by atoms with E-state index in [-0.39, 0.29) is 24.0 Å². The first kappa shape index (κ1) is 23.5. The standard InChI is InChI=1S/C26H29ClN4O4/c1-16(33)31-15-26(8-10-30(11-9-26)25(34)28-18-5-3-4-17(27)12-18)23-20-7-6-19(35-2)13-21(20)29-24(23)22(31)14-32/h3-7,12-13,22,29,32H,8-11,14-15H2,1-2H3,(H,28,34)/t22-/m0/s1. The van der Waals surface area contributed by atoms with Crippen LogP contribution in [0.2, 0.25) is 5.02 Å². The van der Waals surface area contributed by atoms with Gasteiger partial charge in [0, 0.05) is 65.3 Å². The summed E-state index contributed by atoms with van der Waals surface area (Å²) in [6, 6.07) is 12.4. The summed E-state index contributed by atoms with van der Waals surface area (Å²) in [6.45, 7) is 2.97. The number of ether oxygens (including phenoxy) is 1. The molecule has 2 aromatic carbocycles. The summed E-state index contributed by atoms with van der Waals surface area (Å²) in [5.41, 5.74) is 3.25. The molecule has 2 aliphatic heterocycles. The number of likely N-dealkylation sites (tertiary alicyclic amines) is 1. The van der Waals surface area contributed by atoms with Crippen LogP contribution >= 0.6 is 11.6 Å². The molecule has 3 N–H and O–H groups in total. The highest BCUT2D eigenvalue weighted by molar-refractivity contribution is 6.30. The number of nitrogens with zero attached hydrogens (tertiary/aromatic N) is 2. The van der Waals surface area contributed by atoms with Crippen LogP contribution in [0.1, 0.15) is 37.1 Å². The normalized spacial score (nSPS) is 19.0. The Morgan fingerprint density at radius 3 is 2.66 bits per heavy atom. The summed E-state index contributed by atoms with van der Waals surface area (Å²) < 4.78 is 5.41. The molecule has 0 bridgehead atoms. The lowest BCUT2D eigenvalue weighted by molar-refractivity contribution is -0.134. The van der Waals surface area contributed by atoms with E-state index in [2.05, 4.69) is 10.3 Å². The molecule has 8 nitrogen and oxygen atoms in total. The van der Waals surface area contributed by atoms with Gasteiger partial charge in [-0.15, -0.1) is 0 Å². The van der Waals surface area contributed by atoms with Crippen LogP contribution in [0.25, 0.3) is 10.9 Å². The van der Waals surface area contributed by atoms with Crippen LogP contribution in [0.15, 0.2) is 42.5 Å². The van der Waals surface area contributed by atoms with Gasteiger partial charge in [-0.3, -0.25) is 4.79 Å². The fourth-order valence-electron chi connectivity index (χ4n) is 5.65. The molecular formula is C26H29ClN4O4. The summed E-state index contributed by atoms with van der Waals surface area (Å²) in [4.78, 5) is 32.6. The molecule has 1 aromatic heterocycles. The molecule has 3 amide bonds. The molecule has 2 aliphatic rings. The molecular weight excluding hydrogens is 468 g/mol. The number of halogens is 1. The first-order valence-corrected chi connectivity index (χ1v) is 12.1. The topological polar surface area (TPSA) is 97.9 Å². The second kappa shape index (κ2) is 9.09. The van der Waals surface area contributed by atoms with Crippen molar-refractivity contribution in [2.45, 2.75) is 31.2 Å². The number of urea groups is 1. The number of anilines is 1. The van der Waals surface area contributed by atoms with Crippen molar-refractivity contribution < 1.29 is 19.4 Å². The number of aliphatic hydroxyl groups is 1. The van der Waals surface area contributed by atoms with Crippen LogP contribution in [0.5, 0.6) is 5.75 Å². The Kier molecular flexibility index (Phi) is 6.11. The van der Waals surface area contributed by atoms with Crippen LogP contribution in [-0.4, -0.2) is 65.2 Å². The molecule has 0 unspecified atom stereocenters. The fraction of sp³-hybridized carbons (Fsp3) is 0.385. The highest BCUT2D eigenvalue weighted by atomic mass is 35.5. The quantitative estimate of drug-likeness (QED) is 0.503. The summed E-state index contributed by atoms with van der Waals surface area (Å²) in [7, 11) is 1.63. The number of hydrogen-bond acceptors (Lipinski definition) is 4. The number of nitrogens with one attached hydrogen (secondary N) is 2. The van der Waals surface area contributed by atoms with Crippen LogP contribution in [0.3, 0.4) is 0 Å². The zero-order valence-corrected chi connectivity index (χ0v) is 20.6. The molecule has 3 heterocycles. The number of carbonyl (C=O) groups is 2. The molecule has 184 valence electrons. The van der Waals surface area contributed by atoms with Gasteiger partial charge in [-0.2, -0.15) is 0 Å². The Labute approximate surface area is 208 Å². The number of piperidine rings is 1. The van der Waals surface area contributed by atoms with Crippen molar-refractivity contribution in [2.24, 2.45) is 0 Å². The van der Waals surface area contributed by atoms with Gasteiger partial charge in [-0.05, 0) is 48.7 Å². The van der Waals surface area contributed by atoms with Crippen LogP contribution in [0, 0.1) is 0 Å². The van der Waals surface area contributed by atoms with E-state index < -0.39 is 6.04 Å². The molecule has 1 spiro atoms. The van der Waals surface area contributed by atoms with Crippen molar-refractivity contribution in [3.63, 3.8) is 0 Å². The molecule has 1 saturated heterocycles. The van der Waals surface area contributed by atoms with E-state index in [1.807, 2.05) is 24.3 Å². The van der Waals surface area contributed by atoms with Crippen molar-refractivity contribution >= 4 is 40.1 Å². The first-order chi connectivity index (χ1) is 16.8. The monoisotopic (exact) mass is 496 g/mol. The number of amides is 3. The maximum Gasteiger partial charge on any atom is 0.321 e. The number of aromatic nitrogens is 1. The number of benzene rings is 2. The van der Waals surface area contributed by atoms with Gasteiger partial charge in [0.2, 0.25) is 5.91 Å². The molecule has 0 radical (unpaired) electrons. The number of H-pyrrole nitrogens is 1. The van der Waals surface area contributed by atoms with Crippen molar-refractivity contribution in [3.05, 3.63) is 58.7 Å².